The second-order valence-corrected chi connectivity index (χ2v) is 4.75. The first-order valence-corrected chi connectivity index (χ1v) is 6.27. The molecule has 0 saturated heterocycles. The SMILES string of the molecule is Nc1cccc2oc(Nc3c(Cl)cccc3Cl)nc12. The third-order valence-electron chi connectivity index (χ3n) is 2.64. The van der Waals surface area contributed by atoms with Crippen LogP contribution in [0.2, 0.25) is 10.0 Å². The van der Waals surface area contributed by atoms with Gasteiger partial charge in [0.15, 0.2) is 5.58 Å². The van der Waals surface area contributed by atoms with Crippen LogP contribution in [0.4, 0.5) is 17.4 Å². The third-order valence-corrected chi connectivity index (χ3v) is 3.27. The molecule has 0 aliphatic carbocycles. The molecule has 0 radical (unpaired) electrons. The fourth-order valence-corrected chi connectivity index (χ4v) is 2.24. The number of nitrogen functional groups attached to an aromatic ring is 1. The van der Waals surface area contributed by atoms with Gasteiger partial charge in [0, 0.05) is 0 Å². The van der Waals surface area contributed by atoms with Crippen molar-refractivity contribution in [3.63, 3.8) is 0 Å². The number of nitrogens with zero attached hydrogens (tertiary/aromatic N) is 1. The number of nitrogens with one attached hydrogen (secondary N) is 1. The minimum Gasteiger partial charge on any atom is -0.423 e. The van der Waals surface area contributed by atoms with Crippen molar-refractivity contribution in [2.24, 2.45) is 0 Å². The van der Waals surface area contributed by atoms with E-state index < -0.39 is 0 Å². The maximum Gasteiger partial charge on any atom is 0.300 e. The molecule has 0 aliphatic heterocycles. The minimum absolute atomic E-state index is 0.294. The highest BCUT2D eigenvalue weighted by Gasteiger charge is 2.11. The lowest BCUT2D eigenvalue weighted by molar-refractivity contribution is 0.623. The number of nitrogens with two attached hydrogens (primary N) is 1. The first-order chi connectivity index (χ1) is 9.15. The number of oxazole rings is 1. The van der Waals surface area contributed by atoms with Gasteiger partial charge in [0.25, 0.3) is 6.01 Å². The molecule has 2 aromatic carbocycles. The van der Waals surface area contributed by atoms with Crippen LogP contribution in [0.15, 0.2) is 40.8 Å². The van der Waals surface area contributed by atoms with Gasteiger partial charge < -0.3 is 15.5 Å². The Balaban J connectivity index is 2.04. The summed E-state index contributed by atoms with van der Waals surface area (Å²) < 4.78 is 5.54. The molecule has 0 unspecified atom stereocenters. The van der Waals surface area contributed by atoms with Gasteiger partial charge in [-0.1, -0.05) is 35.3 Å². The first-order valence-electron chi connectivity index (χ1n) is 5.51. The van der Waals surface area contributed by atoms with E-state index in [2.05, 4.69) is 10.3 Å². The van der Waals surface area contributed by atoms with Crippen LogP contribution in [0.3, 0.4) is 0 Å². The molecule has 3 N–H and O–H groups in total. The zero-order valence-corrected chi connectivity index (χ0v) is 11.2. The summed E-state index contributed by atoms with van der Waals surface area (Å²) in [4.78, 5) is 4.27. The van der Waals surface area contributed by atoms with Gasteiger partial charge in [-0.15, -0.1) is 0 Å². The average Bonchev–Trinajstić information content (AvgIpc) is 2.78. The number of fused-ring (bicyclic) bond motifs is 1. The zero-order chi connectivity index (χ0) is 13.4. The number of benzene rings is 2. The largest absolute Gasteiger partial charge is 0.423 e. The second-order valence-electron chi connectivity index (χ2n) is 3.93. The number of anilines is 3. The lowest BCUT2D eigenvalue weighted by Crippen LogP contribution is -1.92. The predicted molar refractivity (Wildman–Crippen MR) is 78.2 cm³/mol. The van der Waals surface area contributed by atoms with Gasteiger partial charge in [-0.05, 0) is 24.3 Å². The lowest BCUT2D eigenvalue weighted by Gasteiger charge is -2.05. The molecule has 0 amide bonds. The Bertz CT molecular complexity index is 734. The van der Waals surface area contributed by atoms with Gasteiger partial charge in [0.05, 0.1) is 21.4 Å². The predicted octanol–water partition coefficient (Wildman–Crippen LogP) is 4.46. The van der Waals surface area contributed by atoms with Crippen molar-refractivity contribution in [3.8, 4) is 0 Å². The van der Waals surface area contributed by atoms with Crippen molar-refractivity contribution >= 4 is 51.7 Å². The van der Waals surface area contributed by atoms with Crippen LogP contribution < -0.4 is 11.1 Å². The van der Waals surface area contributed by atoms with Crippen molar-refractivity contribution < 1.29 is 4.42 Å². The number of para-hydroxylation sites is 2. The van der Waals surface area contributed by atoms with E-state index in [4.69, 9.17) is 33.4 Å². The number of halogens is 2. The fourth-order valence-electron chi connectivity index (χ4n) is 1.75. The average molecular weight is 294 g/mol. The van der Waals surface area contributed by atoms with Gasteiger partial charge in [0.1, 0.15) is 5.52 Å². The molecule has 0 spiro atoms. The molecule has 0 atom stereocenters. The molecule has 0 aliphatic rings. The molecule has 0 bridgehead atoms. The summed E-state index contributed by atoms with van der Waals surface area (Å²) in [5.74, 6) is 0. The van der Waals surface area contributed by atoms with E-state index in [9.17, 15) is 0 Å². The molecule has 3 aromatic rings. The van der Waals surface area contributed by atoms with Crippen molar-refractivity contribution in [1.82, 2.24) is 4.98 Å². The van der Waals surface area contributed by atoms with E-state index in [-0.39, 0.29) is 0 Å². The topological polar surface area (TPSA) is 64.1 Å². The van der Waals surface area contributed by atoms with Gasteiger partial charge in [-0.3, -0.25) is 0 Å². The highest BCUT2D eigenvalue weighted by atomic mass is 35.5. The minimum atomic E-state index is 0.294. The van der Waals surface area contributed by atoms with Crippen LogP contribution in [-0.2, 0) is 0 Å². The van der Waals surface area contributed by atoms with Crippen LogP contribution in [0.1, 0.15) is 0 Å². The Kier molecular flexibility index (Phi) is 2.97. The van der Waals surface area contributed by atoms with E-state index in [1.807, 2.05) is 0 Å². The molecule has 4 nitrogen and oxygen atoms in total. The van der Waals surface area contributed by atoms with Crippen LogP contribution in [0.5, 0.6) is 0 Å². The van der Waals surface area contributed by atoms with Crippen LogP contribution >= 0.6 is 23.2 Å². The standard InChI is InChI=1S/C13H9Cl2N3O/c14-7-3-1-4-8(15)11(7)17-13-18-12-9(16)5-2-6-10(12)19-13/h1-6H,16H2,(H,17,18). The Morgan fingerprint density at radius 1 is 1.05 bits per heavy atom. The number of rotatable bonds is 2. The molecule has 96 valence electrons. The van der Waals surface area contributed by atoms with Crippen LogP contribution in [-0.4, -0.2) is 4.98 Å². The second kappa shape index (κ2) is 4.64. The summed E-state index contributed by atoms with van der Waals surface area (Å²) in [6.07, 6.45) is 0. The van der Waals surface area contributed by atoms with Gasteiger partial charge in [0.2, 0.25) is 0 Å². The molecule has 6 heteroatoms. The fraction of sp³-hybridized carbons (Fsp3) is 0. The van der Waals surface area contributed by atoms with Crippen LogP contribution in [0.25, 0.3) is 11.1 Å². The lowest BCUT2D eigenvalue weighted by atomic mass is 10.3. The molecule has 0 saturated carbocycles. The highest BCUT2D eigenvalue weighted by molar-refractivity contribution is 6.39. The summed E-state index contributed by atoms with van der Waals surface area (Å²) in [7, 11) is 0. The monoisotopic (exact) mass is 293 g/mol. The Morgan fingerprint density at radius 2 is 1.74 bits per heavy atom. The highest BCUT2D eigenvalue weighted by Crippen LogP contribution is 2.33. The first kappa shape index (κ1) is 12.1. The summed E-state index contributed by atoms with van der Waals surface area (Å²) in [6.45, 7) is 0. The molecular formula is C13H9Cl2N3O. The summed E-state index contributed by atoms with van der Waals surface area (Å²) >= 11 is 12.1. The van der Waals surface area contributed by atoms with Gasteiger partial charge in [-0.25, -0.2) is 0 Å². The summed E-state index contributed by atoms with van der Waals surface area (Å²) in [5, 5.41) is 3.94. The smallest absolute Gasteiger partial charge is 0.300 e. The Labute approximate surface area is 119 Å². The molecule has 1 heterocycles. The van der Waals surface area contributed by atoms with Crippen molar-refractivity contribution in [1.29, 1.82) is 0 Å². The van der Waals surface area contributed by atoms with E-state index in [0.717, 1.165) is 0 Å². The Hall–Kier alpha value is -1.91. The summed E-state index contributed by atoms with van der Waals surface area (Å²) in [6, 6.07) is 10.9. The van der Waals surface area contributed by atoms with E-state index in [0.29, 0.717) is 38.5 Å². The molecule has 3 rings (SSSR count). The zero-order valence-electron chi connectivity index (χ0n) is 9.65. The van der Waals surface area contributed by atoms with E-state index in [1.165, 1.54) is 0 Å². The third kappa shape index (κ3) is 2.20. The van der Waals surface area contributed by atoms with Crippen molar-refractivity contribution in [2.45, 2.75) is 0 Å². The maximum absolute atomic E-state index is 6.07. The summed E-state index contributed by atoms with van der Waals surface area (Å²) in [5.41, 5.74) is 8.13. The van der Waals surface area contributed by atoms with E-state index >= 15 is 0 Å². The number of hydrogen-bond donors (Lipinski definition) is 2. The number of hydrogen-bond acceptors (Lipinski definition) is 4. The number of aromatic nitrogens is 1. The molecule has 19 heavy (non-hydrogen) atoms. The molecular weight excluding hydrogens is 285 g/mol. The molecule has 0 fully saturated rings. The Morgan fingerprint density at radius 3 is 2.42 bits per heavy atom. The van der Waals surface area contributed by atoms with Crippen molar-refractivity contribution in [3.05, 3.63) is 46.4 Å². The van der Waals surface area contributed by atoms with E-state index in [1.54, 1.807) is 36.4 Å². The normalized spacial score (nSPS) is 10.8. The van der Waals surface area contributed by atoms with Crippen molar-refractivity contribution in [2.75, 3.05) is 11.1 Å². The van der Waals surface area contributed by atoms with Gasteiger partial charge >= 0.3 is 0 Å². The maximum atomic E-state index is 6.07. The van der Waals surface area contributed by atoms with Gasteiger partial charge in [-0.2, -0.15) is 4.98 Å². The van der Waals surface area contributed by atoms with Crippen LogP contribution in [0, 0.1) is 0 Å². The quantitative estimate of drug-likeness (QED) is 0.685. The molecule has 1 aromatic heterocycles.